The Bertz CT molecular complexity index is 391. The first-order valence-electron chi connectivity index (χ1n) is 3.75. The van der Waals surface area contributed by atoms with Gasteiger partial charge in [0.1, 0.15) is 0 Å². The van der Waals surface area contributed by atoms with Gasteiger partial charge in [0.15, 0.2) is 5.65 Å². The predicted octanol–water partition coefficient (Wildman–Crippen LogP) is 0.795. The van der Waals surface area contributed by atoms with Gasteiger partial charge in [-0.2, -0.15) is 5.10 Å². The molecule has 0 aliphatic heterocycles. The first-order chi connectivity index (χ1) is 5.79. The first kappa shape index (κ1) is 7.09. The summed E-state index contributed by atoms with van der Waals surface area (Å²) in [5, 5.41) is 4.11. The van der Waals surface area contributed by atoms with E-state index in [1.54, 1.807) is 16.9 Å². The Labute approximate surface area is 70.4 Å². The highest BCUT2D eigenvalue weighted by molar-refractivity contribution is 5.67. The number of aromatic nitrogens is 3. The zero-order valence-corrected chi connectivity index (χ0v) is 7.10. The van der Waals surface area contributed by atoms with E-state index in [1.165, 1.54) is 0 Å². The molecule has 0 aliphatic carbocycles. The topological polar surface area (TPSA) is 33.4 Å². The Balaban J connectivity index is 2.73. The van der Waals surface area contributed by atoms with Gasteiger partial charge < -0.3 is 4.90 Å². The van der Waals surface area contributed by atoms with E-state index in [-0.39, 0.29) is 0 Å². The van der Waals surface area contributed by atoms with Crippen molar-refractivity contribution in [3.63, 3.8) is 0 Å². The molecular formula is C8H10N4. The normalized spacial score (nSPS) is 10.5. The molecule has 0 radical (unpaired) electrons. The van der Waals surface area contributed by atoms with E-state index in [0.29, 0.717) is 0 Å². The highest BCUT2D eigenvalue weighted by Crippen LogP contribution is 2.15. The second kappa shape index (κ2) is 2.48. The summed E-state index contributed by atoms with van der Waals surface area (Å²) in [6, 6.07) is 1.95. The lowest BCUT2D eigenvalue weighted by Gasteiger charge is -2.11. The lowest BCUT2D eigenvalue weighted by molar-refractivity contribution is 0.927. The fourth-order valence-corrected chi connectivity index (χ4v) is 1.17. The van der Waals surface area contributed by atoms with Gasteiger partial charge in [-0.3, -0.25) is 0 Å². The summed E-state index contributed by atoms with van der Waals surface area (Å²) >= 11 is 0. The summed E-state index contributed by atoms with van der Waals surface area (Å²) in [6.45, 7) is 0. The van der Waals surface area contributed by atoms with Gasteiger partial charge in [0.05, 0.1) is 11.9 Å². The SMILES string of the molecule is CN(C)c1ccnn2ccnc12. The Morgan fingerprint density at radius 3 is 2.92 bits per heavy atom. The maximum atomic E-state index is 4.20. The van der Waals surface area contributed by atoms with Crippen LogP contribution in [0.4, 0.5) is 5.69 Å². The zero-order chi connectivity index (χ0) is 8.55. The van der Waals surface area contributed by atoms with Crippen LogP contribution in [0, 0.1) is 0 Å². The lowest BCUT2D eigenvalue weighted by atomic mass is 10.4. The van der Waals surface area contributed by atoms with Crippen LogP contribution >= 0.6 is 0 Å². The fraction of sp³-hybridized carbons (Fsp3) is 0.250. The number of anilines is 1. The van der Waals surface area contributed by atoms with Gasteiger partial charge in [0.2, 0.25) is 0 Å². The van der Waals surface area contributed by atoms with E-state index in [0.717, 1.165) is 11.3 Å². The van der Waals surface area contributed by atoms with Crippen molar-refractivity contribution < 1.29 is 0 Å². The number of imidazole rings is 1. The molecule has 0 fully saturated rings. The molecule has 2 aromatic rings. The second-order valence-corrected chi connectivity index (χ2v) is 2.81. The van der Waals surface area contributed by atoms with Gasteiger partial charge in [-0.25, -0.2) is 9.50 Å². The van der Waals surface area contributed by atoms with Crippen molar-refractivity contribution >= 4 is 11.3 Å². The average molecular weight is 162 g/mol. The van der Waals surface area contributed by atoms with E-state index in [4.69, 9.17) is 0 Å². The number of nitrogens with zero attached hydrogens (tertiary/aromatic N) is 4. The monoisotopic (exact) mass is 162 g/mol. The van der Waals surface area contributed by atoms with E-state index in [1.807, 2.05) is 31.3 Å². The maximum Gasteiger partial charge on any atom is 0.177 e. The van der Waals surface area contributed by atoms with Gasteiger partial charge >= 0.3 is 0 Å². The minimum absolute atomic E-state index is 0.891. The maximum absolute atomic E-state index is 4.20. The Morgan fingerprint density at radius 1 is 1.33 bits per heavy atom. The minimum Gasteiger partial charge on any atom is -0.375 e. The molecular weight excluding hydrogens is 152 g/mol. The largest absolute Gasteiger partial charge is 0.375 e. The molecule has 62 valence electrons. The van der Waals surface area contributed by atoms with Crippen LogP contribution < -0.4 is 4.90 Å². The molecule has 0 aliphatic rings. The van der Waals surface area contributed by atoms with E-state index < -0.39 is 0 Å². The molecule has 4 heteroatoms. The van der Waals surface area contributed by atoms with Crippen molar-refractivity contribution in [3.05, 3.63) is 24.7 Å². The number of fused-ring (bicyclic) bond motifs is 1. The lowest BCUT2D eigenvalue weighted by Crippen LogP contribution is -2.10. The molecule has 0 aromatic carbocycles. The Morgan fingerprint density at radius 2 is 2.17 bits per heavy atom. The fourth-order valence-electron chi connectivity index (χ4n) is 1.17. The minimum atomic E-state index is 0.891. The van der Waals surface area contributed by atoms with Crippen LogP contribution in [-0.4, -0.2) is 28.7 Å². The van der Waals surface area contributed by atoms with Crippen molar-refractivity contribution in [1.29, 1.82) is 0 Å². The van der Waals surface area contributed by atoms with Crippen LogP contribution in [0.15, 0.2) is 24.7 Å². The second-order valence-electron chi connectivity index (χ2n) is 2.81. The summed E-state index contributed by atoms with van der Waals surface area (Å²) in [5.74, 6) is 0. The van der Waals surface area contributed by atoms with Crippen LogP contribution in [0.5, 0.6) is 0 Å². The van der Waals surface area contributed by atoms with Gasteiger partial charge in [-0.15, -0.1) is 0 Å². The predicted molar refractivity (Wildman–Crippen MR) is 47.3 cm³/mol. The van der Waals surface area contributed by atoms with Crippen molar-refractivity contribution in [2.24, 2.45) is 0 Å². The summed E-state index contributed by atoms with van der Waals surface area (Å²) in [4.78, 5) is 6.22. The third-order valence-electron chi connectivity index (χ3n) is 1.76. The highest BCUT2D eigenvalue weighted by Gasteiger charge is 2.02. The summed E-state index contributed by atoms with van der Waals surface area (Å²) in [7, 11) is 3.98. The Hall–Kier alpha value is -1.58. The third-order valence-corrected chi connectivity index (χ3v) is 1.76. The van der Waals surface area contributed by atoms with E-state index in [2.05, 4.69) is 10.1 Å². The van der Waals surface area contributed by atoms with Gasteiger partial charge in [-0.05, 0) is 6.07 Å². The van der Waals surface area contributed by atoms with E-state index in [9.17, 15) is 0 Å². The molecule has 0 amide bonds. The van der Waals surface area contributed by atoms with Crippen molar-refractivity contribution in [2.75, 3.05) is 19.0 Å². The highest BCUT2D eigenvalue weighted by atomic mass is 15.3. The standard InChI is InChI=1S/C8H10N4/c1-11(2)7-3-4-10-12-6-5-9-8(7)12/h3-6H,1-2H3. The smallest absolute Gasteiger partial charge is 0.177 e. The molecule has 0 unspecified atom stereocenters. The van der Waals surface area contributed by atoms with Crippen molar-refractivity contribution in [3.8, 4) is 0 Å². The summed E-state index contributed by atoms with van der Waals surface area (Å²) < 4.78 is 1.76. The van der Waals surface area contributed by atoms with Crippen molar-refractivity contribution in [1.82, 2.24) is 14.6 Å². The zero-order valence-electron chi connectivity index (χ0n) is 7.10. The first-order valence-corrected chi connectivity index (χ1v) is 3.75. The molecule has 2 heterocycles. The summed E-state index contributed by atoms with van der Waals surface area (Å²) in [5.41, 5.74) is 1.97. The van der Waals surface area contributed by atoms with Crippen LogP contribution in [0.2, 0.25) is 0 Å². The number of hydrogen-bond donors (Lipinski definition) is 0. The van der Waals surface area contributed by atoms with Gasteiger partial charge in [0, 0.05) is 26.5 Å². The van der Waals surface area contributed by atoms with Gasteiger partial charge in [-0.1, -0.05) is 0 Å². The van der Waals surface area contributed by atoms with Crippen molar-refractivity contribution in [2.45, 2.75) is 0 Å². The van der Waals surface area contributed by atoms with Crippen LogP contribution in [0.3, 0.4) is 0 Å². The number of hydrogen-bond acceptors (Lipinski definition) is 3. The third kappa shape index (κ3) is 0.922. The molecule has 12 heavy (non-hydrogen) atoms. The Kier molecular flexibility index (Phi) is 1.46. The molecule has 2 rings (SSSR count). The molecule has 0 bridgehead atoms. The molecule has 4 nitrogen and oxygen atoms in total. The van der Waals surface area contributed by atoms with Crippen LogP contribution in [0.25, 0.3) is 5.65 Å². The molecule has 0 saturated heterocycles. The number of rotatable bonds is 1. The van der Waals surface area contributed by atoms with Gasteiger partial charge in [0.25, 0.3) is 0 Å². The van der Waals surface area contributed by atoms with E-state index >= 15 is 0 Å². The molecule has 0 saturated carbocycles. The average Bonchev–Trinajstić information content (AvgIpc) is 2.49. The molecule has 0 atom stereocenters. The summed E-state index contributed by atoms with van der Waals surface area (Å²) in [6.07, 6.45) is 5.35. The van der Waals surface area contributed by atoms with Crippen LogP contribution in [-0.2, 0) is 0 Å². The molecule has 0 N–H and O–H groups in total. The quantitative estimate of drug-likeness (QED) is 0.621. The molecule has 2 aromatic heterocycles. The van der Waals surface area contributed by atoms with Crippen LogP contribution in [0.1, 0.15) is 0 Å². The molecule has 0 spiro atoms.